The number of benzene rings is 1. The standard InChI is InChI=1S/C23H26F3N7O2/c24-12-7-16(25)19(17(26)8-12)31-23-30-18-10-28-22(29-13-3-6-15(34)9-13)32-21(18)33(23)14-4-1-11(2-5-14)20(27)35/h7-8,10-11,13-15,34H,1-6,9H2,(H2,27,35)(H,30,31)(H,28,29,32)/t11-,13-,14+,15?/m1/s1. The predicted octanol–water partition coefficient (Wildman–Crippen LogP) is 3.53. The number of rotatable bonds is 6. The lowest BCUT2D eigenvalue weighted by Crippen LogP contribution is -2.29. The van der Waals surface area contributed by atoms with Gasteiger partial charge in [0.25, 0.3) is 0 Å². The first-order valence-electron chi connectivity index (χ1n) is 11.7. The largest absolute Gasteiger partial charge is 0.393 e. The third-order valence-electron chi connectivity index (χ3n) is 6.88. The normalized spacial score (nSPS) is 24.6. The Morgan fingerprint density at radius 2 is 1.77 bits per heavy atom. The Hall–Kier alpha value is -3.41. The van der Waals surface area contributed by atoms with Crippen molar-refractivity contribution in [2.75, 3.05) is 10.6 Å². The van der Waals surface area contributed by atoms with Crippen LogP contribution < -0.4 is 16.4 Å². The zero-order valence-corrected chi connectivity index (χ0v) is 18.8. The van der Waals surface area contributed by atoms with Crippen molar-refractivity contribution in [1.29, 1.82) is 0 Å². The minimum atomic E-state index is -1.09. The number of anilines is 3. The molecule has 2 atom stereocenters. The lowest BCUT2D eigenvalue weighted by atomic mass is 9.85. The molecule has 1 amide bonds. The van der Waals surface area contributed by atoms with Crippen molar-refractivity contribution >= 4 is 34.7 Å². The number of aromatic nitrogens is 4. The second kappa shape index (κ2) is 9.33. The van der Waals surface area contributed by atoms with Crippen LogP contribution in [0.4, 0.5) is 30.8 Å². The van der Waals surface area contributed by atoms with Crippen molar-refractivity contribution in [3.8, 4) is 0 Å². The molecule has 186 valence electrons. The summed E-state index contributed by atoms with van der Waals surface area (Å²) in [5, 5.41) is 15.7. The number of nitrogens with one attached hydrogen (secondary N) is 2. The Labute approximate surface area is 199 Å². The number of amides is 1. The molecule has 0 aliphatic heterocycles. The van der Waals surface area contributed by atoms with E-state index in [1.807, 2.05) is 0 Å². The van der Waals surface area contributed by atoms with Gasteiger partial charge in [0.15, 0.2) is 17.3 Å². The lowest BCUT2D eigenvalue weighted by Gasteiger charge is -2.29. The third-order valence-corrected chi connectivity index (χ3v) is 6.88. The number of hydrogen-bond acceptors (Lipinski definition) is 7. The van der Waals surface area contributed by atoms with Crippen LogP contribution in [-0.2, 0) is 4.79 Å². The van der Waals surface area contributed by atoms with Crippen molar-refractivity contribution in [3.05, 3.63) is 35.8 Å². The zero-order valence-electron chi connectivity index (χ0n) is 18.8. The van der Waals surface area contributed by atoms with Crippen molar-refractivity contribution in [1.82, 2.24) is 19.5 Å². The van der Waals surface area contributed by atoms with Crippen LogP contribution in [0.1, 0.15) is 51.0 Å². The van der Waals surface area contributed by atoms with Crippen molar-refractivity contribution < 1.29 is 23.1 Å². The molecule has 2 aliphatic carbocycles. The minimum Gasteiger partial charge on any atom is -0.393 e. The number of aliphatic hydroxyl groups excluding tert-OH is 1. The minimum absolute atomic E-state index is 0.0322. The first-order chi connectivity index (χ1) is 16.8. The second-order valence-electron chi connectivity index (χ2n) is 9.29. The van der Waals surface area contributed by atoms with Gasteiger partial charge in [-0.15, -0.1) is 0 Å². The molecule has 35 heavy (non-hydrogen) atoms. The summed E-state index contributed by atoms with van der Waals surface area (Å²) in [6.07, 6.45) is 5.53. The predicted molar refractivity (Wildman–Crippen MR) is 122 cm³/mol. The highest BCUT2D eigenvalue weighted by Gasteiger charge is 2.30. The van der Waals surface area contributed by atoms with E-state index in [9.17, 15) is 23.1 Å². The van der Waals surface area contributed by atoms with E-state index < -0.39 is 23.1 Å². The van der Waals surface area contributed by atoms with Crippen LogP contribution in [0.3, 0.4) is 0 Å². The van der Waals surface area contributed by atoms with Gasteiger partial charge in [-0.25, -0.2) is 23.1 Å². The summed E-state index contributed by atoms with van der Waals surface area (Å²) in [5.74, 6) is -3.30. The van der Waals surface area contributed by atoms with Gasteiger partial charge in [-0.3, -0.25) is 9.36 Å². The topological polar surface area (TPSA) is 131 Å². The molecule has 2 saturated carbocycles. The molecular weight excluding hydrogens is 463 g/mol. The van der Waals surface area contributed by atoms with Crippen LogP contribution in [0.15, 0.2) is 18.3 Å². The number of imidazole rings is 1. The number of carbonyl (C=O) groups is 1. The Balaban J connectivity index is 1.52. The summed E-state index contributed by atoms with van der Waals surface area (Å²) >= 11 is 0. The molecule has 12 heteroatoms. The van der Waals surface area contributed by atoms with Gasteiger partial charge in [0, 0.05) is 30.1 Å². The average Bonchev–Trinajstić information content (AvgIpc) is 3.38. The highest BCUT2D eigenvalue weighted by atomic mass is 19.1. The van der Waals surface area contributed by atoms with Crippen LogP contribution in [0.5, 0.6) is 0 Å². The molecule has 2 aliphatic rings. The molecule has 2 aromatic heterocycles. The average molecular weight is 490 g/mol. The van der Waals surface area contributed by atoms with E-state index in [4.69, 9.17) is 5.73 Å². The van der Waals surface area contributed by atoms with Crippen LogP contribution in [0.2, 0.25) is 0 Å². The molecular formula is C23H26F3N7O2. The molecule has 0 radical (unpaired) electrons. The number of fused-ring (bicyclic) bond motifs is 1. The molecule has 2 heterocycles. The van der Waals surface area contributed by atoms with E-state index in [0.29, 0.717) is 67.8 Å². The summed E-state index contributed by atoms with van der Waals surface area (Å²) in [7, 11) is 0. The van der Waals surface area contributed by atoms with Crippen molar-refractivity contribution in [3.63, 3.8) is 0 Å². The number of primary amides is 1. The van der Waals surface area contributed by atoms with Gasteiger partial charge in [0.2, 0.25) is 17.8 Å². The summed E-state index contributed by atoms with van der Waals surface area (Å²) < 4.78 is 44.0. The van der Waals surface area contributed by atoms with Crippen molar-refractivity contribution in [2.24, 2.45) is 11.7 Å². The zero-order chi connectivity index (χ0) is 24.7. The van der Waals surface area contributed by atoms with Gasteiger partial charge in [0.05, 0.1) is 12.3 Å². The molecule has 2 fully saturated rings. The van der Waals surface area contributed by atoms with Gasteiger partial charge >= 0.3 is 0 Å². The number of nitrogens with zero attached hydrogens (tertiary/aromatic N) is 4. The third kappa shape index (κ3) is 4.75. The summed E-state index contributed by atoms with van der Waals surface area (Å²) in [5.41, 5.74) is 5.81. The summed E-state index contributed by atoms with van der Waals surface area (Å²) in [4.78, 5) is 25.0. The number of aliphatic hydroxyl groups is 1. The van der Waals surface area contributed by atoms with Gasteiger partial charge in [-0.1, -0.05) is 0 Å². The van der Waals surface area contributed by atoms with E-state index >= 15 is 0 Å². The molecule has 1 aromatic carbocycles. The van der Waals surface area contributed by atoms with Crippen LogP contribution in [-0.4, -0.2) is 42.7 Å². The SMILES string of the molecule is NC(=O)[C@H]1CC[C@@H](n2c(Nc3c(F)cc(F)cc3F)nc3cnc(N[C@@H]4CCC(O)C4)nc32)CC1. The number of halogens is 3. The van der Waals surface area contributed by atoms with E-state index in [0.717, 1.165) is 6.42 Å². The Morgan fingerprint density at radius 1 is 1.06 bits per heavy atom. The van der Waals surface area contributed by atoms with Gasteiger partial charge in [-0.05, 0) is 44.9 Å². The highest BCUT2D eigenvalue weighted by Crippen LogP contribution is 2.37. The molecule has 0 spiro atoms. The van der Waals surface area contributed by atoms with E-state index in [-0.39, 0.29) is 36.0 Å². The fourth-order valence-corrected chi connectivity index (χ4v) is 5.06. The van der Waals surface area contributed by atoms with Crippen LogP contribution >= 0.6 is 0 Å². The van der Waals surface area contributed by atoms with Gasteiger partial charge in [-0.2, -0.15) is 4.98 Å². The second-order valence-corrected chi connectivity index (χ2v) is 9.29. The number of hydrogen-bond donors (Lipinski definition) is 4. The molecule has 0 bridgehead atoms. The fraction of sp³-hybridized carbons (Fsp3) is 0.478. The quantitative estimate of drug-likeness (QED) is 0.417. The molecule has 3 aromatic rings. The maximum Gasteiger partial charge on any atom is 0.224 e. The molecule has 1 unspecified atom stereocenters. The summed E-state index contributed by atoms with van der Waals surface area (Å²) in [6.45, 7) is 0. The Morgan fingerprint density at radius 3 is 2.40 bits per heavy atom. The first-order valence-corrected chi connectivity index (χ1v) is 11.7. The monoisotopic (exact) mass is 489 g/mol. The molecule has 5 rings (SSSR count). The van der Waals surface area contributed by atoms with E-state index in [1.165, 1.54) is 6.20 Å². The van der Waals surface area contributed by atoms with E-state index in [1.54, 1.807) is 4.57 Å². The maximum atomic E-state index is 14.4. The molecule has 9 nitrogen and oxygen atoms in total. The van der Waals surface area contributed by atoms with Gasteiger partial charge < -0.3 is 21.5 Å². The molecule has 5 N–H and O–H groups in total. The highest BCUT2D eigenvalue weighted by molar-refractivity contribution is 5.78. The lowest BCUT2D eigenvalue weighted by molar-refractivity contribution is -0.122. The maximum absolute atomic E-state index is 14.4. The van der Waals surface area contributed by atoms with Crippen LogP contribution in [0.25, 0.3) is 11.2 Å². The van der Waals surface area contributed by atoms with Gasteiger partial charge in [0.1, 0.15) is 17.0 Å². The van der Waals surface area contributed by atoms with Crippen molar-refractivity contribution in [2.45, 2.75) is 63.1 Å². The number of nitrogens with two attached hydrogens (primary N) is 1. The fourth-order valence-electron chi connectivity index (χ4n) is 5.06. The summed E-state index contributed by atoms with van der Waals surface area (Å²) in [6, 6.07) is 1.05. The Bertz CT molecular complexity index is 1240. The molecule has 0 saturated heterocycles. The first kappa shape index (κ1) is 23.3. The van der Waals surface area contributed by atoms with Crippen LogP contribution in [0, 0.1) is 23.4 Å². The number of carbonyl (C=O) groups excluding carboxylic acids is 1. The van der Waals surface area contributed by atoms with E-state index in [2.05, 4.69) is 25.6 Å². The Kier molecular flexibility index (Phi) is 6.22. The smallest absolute Gasteiger partial charge is 0.224 e.